The average Bonchev–Trinajstić information content (AvgIpc) is 3.32. The molecule has 222 valence electrons. The van der Waals surface area contributed by atoms with Crippen molar-refractivity contribution < 1.29 is 0 Å². The highest BCUT2D eigenvalue weighted by atomic mass is 15.1. The number of hydrogen-bond acceptors (Lipinski definition) is 1. The third-order valence-electron chi connectivity index (χ3n) is 10.6. The molecule has 1 fully saturated rings. The van der Waals surface area contributed by atoms with Crippen molar-refractivity contribution >= 4 is 27.8 Å². The van der Waals surface area contributed by atoms with Crippen LogP contribution in [0.1, 0.15) is 74.1 Å². The first-order valence-electron chi connectivity index (χ1n) is 16.7. The quantitative estimate of drug-likeness (QED) is 0.195. The second-order valence-corrected chi connectivity index (χ2v) is 13.7. The molecule has 0 atom stereocenters. The first-order chi connectivity index (χ1) is 22.0. The van der Waals surface area contributed by atoms with Crippen LogP contribution in [0.3, 0.4) is 0 Å². The van der Waals surface area contributed by atoms with Crippen molar-refractivity contribution in [3.8, 4) is 22.3 Å². The lowest BCUT2D eigenvalue weighted by atomic mass is 9.82. The Morgan fingerprint density at radius 1 is 0.578 bits per heavy atom. The minimum atomic E-state index is -0.0746. The van der Waals surface area contributed by atoms with Gasteiger partial charge < -0.3 is 4.90 Å². The summed E-state index contributed by atoms with van der Waals surface area (Å²) in [5, 5.41) is 2.51. The van der Waals surface area contributed by atoms with Gasteiger partial charge in [0.05, 0.1) is 5.69 Å². The number of benzene rings is 6. The minimum absolute atomic E-state index is 0.0746. The molecule has 0 radical (unpaired) electrons. The topological polar surface area (TPSA) is 3.24 Å². The maximum atomic E-state index is 2.51. The summed E-state index contributed by atoms with van der Waals surface area (Å²) in [5.41, 5.74) is 14.4. The van der Waals surface area contributed by atoms with Crippen LogP contribution in [0.4, 0.5) is 17.1 Å². The number of aryl methyl sites for hydroxylation is 1. The summed E-state index contributed by atoms with van der Waals surface area (Å²) in [4.78, 5) is 2.51. The Kier molecular flexibility index (Phi) is 6.86. The molecule has 0 unspecified atom stereocenters. The minimum Gasteiger partial charge on any atom is -0.310 e. The van der Waals surface area contributed by atoms with E-state index in [-0.39, 0.29) is 5.41 Å². The van der Waals surface area contributed by atoms with Gasteiger partial charge in [-0.3, -0.25) is 0 Å². The average molecular weight is 584 g/mol. The van der Waals surface area contributed by atoms with Crippen LogP contribution in [0, 0.1) is 6.92 Å². The van der Waals surface area contributed by atoms with Gasteiger partial charge in [0.2, 0.25) is 0 Å². The van der Waals surface area contributed by atoms with E-state index >= 15 is 0 Å². The van der Waals surface area contributed by atoms with Crippen LogP contribution in [-0.4, -0.2) is 0 Å². The zero-order valence-corrected chi connectivity index (χ0v) is 26.7. The number of anilines is 3. The first kappa shape index (κ1) is 27.9. The molecule has 0 heterocycles. The normalized spacial score (nSPS) is 15.5. The molecule has 45 heavy (non-hydrogen) atoms. The molecule has 0 bridgehead atoms. The molecule has 2 aliphatic rings. The van der Waals surface area contributed by atoms with E-state index in [4.69, 9.17) is 0 Å². The van der Waals surface area contributed by atoms with Gasteiger partial charge >= 0.3 is 0 Å². The van der Waals surface area contributed by atoms with E-state index in [9.17, 15) is 0 Å². The molecule has 1 heteroatoms. The molecule has 6 aromatic carbocycles. The van der Waals surface area contributed by atoms with Gasteiger partial charge in [0.1, 0.15) is 0 Å². The van der Waals surface area contributed by atoms with E-state index in [0.717, 1.165) is 0 Å². The smallest absolute Gasteiger partial charge is 0.0546 e. The zero-order chi connectivity index (χ0) is 30.5. The summed E-state index contributed by atoms with van der Waals surface area (Å²) in [5.74, 6) is 0.685. The Bertz CT molecular complexity index is 2010. The van der Waals surface area contributed by atoms with Crippen molar-refractivity contribution in [2.24, 2.45) is 0 Å². The maximum Gasteiger partial charge on any atom is 0.0546 e. The van der Waals surface area contributed by atoms with Crippen molar-refractivity contribution in [1.29, 1.82) is 0 Å². The Morgan fingerprint density at radius 3 is 2.02 bits per heavy atom. The van der Waals surface area contributed by atoms with Crippen LogP contribution >= 0.6 is 0 Å². The highest BCUT2D eigenvalue weighted by Gasteiger charge is 2.37. The van der Waals surface area contributed by atoms with Crippen molar-refractivity contribution in [2.45, 2.75) is 64.2 Å². The highest BCUT2D eigenvalue weighted by Crippen LogP contribution is 2.52. The number of rotatable bonds is 5. The number of nitrogens with zero attached hydrogens (tertiary/aromatic N) is 1. The second kappa shape index (κ2) is 11.1. The van der Waals surface area contributed by atoms with Crippen LogP contribution in [0.5, 0.6) is 0 Å². The van der Waals surface area contributed by atoms with E-state index in [2.05, 4.69) is 153 Å². The lowest BCUT2D eigenvalue weighted by Crippen LogP contribution is -2.17. The van der Waals surface area contributed by atoms with Gasteiger partial charge in [-0.25, -0.2) is 0 Å². The van der Waals surface area contributed by atoms with Gasteiger partial charge in [0.15, 0.2) is 0 Å². The van der Waals surface area contributed by atoms with Crippen LogP contribution in [-0.2, 0) is 5.41 Å². The largest absolute Gasteiger partial charge is 0.310 e. The molecule has 0 spiro atoms. The summed E-state index contributed by atoms with van der Waals surface area (Å²) in [6.07, 6.45) is 6.70. The lowest BCUT2D eigenvalue weighted by molar-refractivity contribution is 0.443. The second-order valence-electron chi connectivity index (χ2n) is 13.7. The summed E-state index contributed by atoms with van der Waals surface area (Å²) in [6, 6.07) is 47.9. The highest BCUT2D eigenvalue weighted by molar-refractivity contribution is 5.98. The summed E-state index contributed by atoms with van der Waals surface area (Å²) < 4.78 is 0. The number of fused-ring (bicyclic) bond motifs is 4. The van der Waals surface area contributed by atoms with Crippen LogP contribution in [0.15, 0.2) is 127 Å². The Hall–Kier alpha value is -4.62. The summed E-state index contributed by atoms with van der Waals surface area (Å²) in [7, 11) is 0. The monoisotopic (exact) mass is 583 g/mol. The van der Waals surface area contributed by atoms with Gasteiger partial charge in [-0.2, -0.15) is 0 Å². The Morgan fingerprint density at radius 2 is 1.27 bits per heavy atom. The molecule has 8 rings (SSSR count). The van der Waals surface area contributed by atoms with Crippen molar-refractivity contribution in [3.63, 3.8) is 0 Å². The van der Waals surface area contributed by atoms with E-state index in [1.165, 1.54) is 104 Å². The third kappa shape index (κ3) is 4.77. The van der Waals surface area contributed by atoms with Crippen molar-refractivity contribution in [2.75, 3.05) is 4.90 Å². The molecule has 0 amide bonds. The predicted octanol–water partition coefficient (Wildman–Crippen LogP) is 12.6. The van der Waals surface area contributed by atoms with Gasteiger partial charge in [-0.1, -0.05) is 124 Å². The third-order valence-corrected chi connectivity index (χ3v) is 10.6. The molecule has 6 aromatic rings. The molecule has 1 nitrogen and oxygen atoms in total. The summed E-state index contributed by atoms with van der Waals surface area (Å²) >= 11 is 0. The van der Waals surface area contributed by atoms with Crippen molar-refractivity contribution in [1.82, 2.24) is 0 Å². The van der Waals surface area contributed by atoms with Gasteiger partial charge in [0.25, 0.3) is 0 Å². The maximum absolute atomic E-state index is 2.51. The van der Waals surface area contributed by atoms with Crippen LogP contribution in [0.25, 0.3) is 33.0 Å². The predicted molar refractivity (Wildman–Crippen MR) is 192 cm³/mol. The molecule has 0 aromatic heterocycles. The fraction of sp³-hybridized carbons (Fsp3) is 0.227. The molecule has 0 N–H and O–H groups in total. The molecule has 0 aliphatic heterocycles. The molecule has 1 saturated carbocycles. The van der Waals surface area contributed by atoms with E-state index in [1.807, 2.05) is 0 Å². The molecule has 2 aliphatic carbocycles. The Balaban J connectivity index is 1.35. The first-order valence-corrected chi connectivity index (χ1v) is 16.7. The van der Waals surface area contributed by atoms with E-state index < -0.39 is 0 Å². The van der Waals surface area contributed by atoms with Gasteiger partial charge in [0, 0.05) is 22.4 Å². The van der Waals surface area contributed by atoms with E-state index in [0.29, 0.717) is 5.92 Å². The van der Waals surface area contributed by atoms with Gasteiger partial charge in [-0.15, -0.1) is 0 Å². The summed E-state index contributed by atoms with van der Waals surface area (Å²) in [6.45, 7) is 7.02. The zero-order valence-electron chi connectivity index (χ0n) is 26.7. The fourth-order valence-corrected chi connectivity index (χ4v) is 8.12. The standard InChI is InChI=1S/C44H41N/c1-30-13-12-20-40-43(30)38-26-25-37(29-41(38)44(40,2)3)45(36-23-21-32(22-24-36)31-14-6-4-7-15-31)42-28-35-19-11-10-18-34(35)27-39(42)33-16-8-5-9-17-33/h5,8-13,16-29,31H,4,6-7,14-15H2,1-3H3. The fourth-order valence-electron chi connectivity index (χ4n) is 8.12. The molecule has 0 saturated heterocycles. The van der Waals surface area contributed by atoms with Gasteiger partial charge in [-0.05, 0) is 112 Å². The molecular weight excluding hydrogens is 542 g/mol. The SMILES string of the molecule is Cc1cccc2c1-c1ccc(N(c3ccc(C4CCCCC4)cc3)c3cc4ccccc4cc3-c3ccccc3)cc1C2(C)C. The van der Waals surface area contributed by atoms with Crippen molar-refractivity contribution in [3.05, 3.63) is 150 Å². The van der Waals surface area contributed by atoms with Crippen LogP contribution < -0.4 is 4.90 Å². The molecular formula is C44H41N. The number of hydrogen-bond donors (Lipinski definition) is 0. The Labute approximate surface area is 268 Å². The van der Waals surface area contributed by atoms with E-state index in [1.54, 1.807) is 0 Å². The van der Waals surface area contributed by atoms with Crippen LogP contribution in [0.2, 0.25) is 0 Å². The lowest BCUT2D eigenvalue weighted by Gasteiger charge is -2.31.